The lowest BCUT2D eigenvalue weighted by atomic mass is 10.1. The highest BCUT2D eigenvalue weighted by atomic mass is 79.9. The number of fused-ring (bicyclic) bond motifs is 1. The summed E-state index contributed by atoms with van der Waals surface area (Å²) in [7, 11) is 0. The first-order valence-corrected chi connectivity index (χ1v) is 9.66. The molecule has 25 heavy (non-hydrogen) atoms. The van der Waals surface area contributed by atoms with Gasteiger partial charge in [-0.3, -0.25) is 0 Å². The number of hydrogen-bond acceptors (Lipinski definition) is 3. The molecule has 0 saturated carbocycles. The number of hydrogen-bond donors (Lipinski definition) is 2. The molecule has 1 aliphatic rings. The van der Waals surface area contributed by atoms with Crippen LogP contribution in [0.1, 0.15) is 16.4 Å². The van der Waals surface area contributed by atoms with Gasteiger partial charge in [-0.25, -0.2) is 0 Å². The summed E-state index contributed by atoms with van der Waals surface area (Å²) in [5.41, 5.74) is 4.51. The molecule has 0 aliphatic carbocycles. The van der Waals surface area contributed by atoms with Crippen molar-refractivity contribution in [3.05, 3.63) is 94.5 Å². The quantitative estimate of drug-likeness (QED) is 0.509. The van der Waals surface area contributed by atoms with Crippen LogP contribution in [0.15, 0.2) is 88.2 Å². The van der Waals surface area contributed by atoms with E-state index in [0.717, 1.165) is 27.0 Å². The minimum Gasteiger partial charge on any atom is -0.508 e. The Bertz CT molecular complexity index is 919. The van der Waals surface area contributed by atoms with Crippen molar-refractivity contribution in [2.45, 2.75) is 10.1 Å². The lowest BCUT2D eigenvalue weighted by molar-refractivity contribution is 0.475. The zero-order chi connectivity index (χ0) is 17.2. The van der Waals surface area contributed by atoms with Crippen LogP contribution in [-0.2, 0) is 0 Å². The third-order valence-electron chi connectivity index (χ3n) is 4.11. The number of nitrogens with one attached hydrogen (secondary N) is 1. The summed E-state index contributed by atoms with van der Waals surface area (Å²) in [6.07, 6.45) is 2.25. The first kappa shape index (κ1) is 16.3. The molecule has 3 aromatic carbocycles. The van der Waals surface area contributed by atoms with E-state index in [2.05, 4.69) is 69.8 Å². The van der Waals surface area contributed by atoms with E-state index in [9.17, 15) is 5.11 Å². The summed E-state index contributed by atoms with van der Waals surface area (Å²) in [5.74, 6) is 0.290. The first-order chi connectivity index (χ1) is 12.2. The van der Waals surface area contributed by atoms with E-state index in [1.54, 1.807) is 12.1 Å². The molecule has 124 valence electrons. The topological polar surface area (TPSA) is 32.3 Å². The standard InChI is InChI=1S/C21H16BrNOS/c22-16-9-5-14(6-10-16)19-13-21(15-7-11-17(24)12-8-15)25-20-4-2-1-3-18(20)23-19/h1-13,21,23-24H/t21-/m1/s1. The molecule has 0 bridgehead atoms. The summed E-state index contributed by atoms with van der Waals surface area (Å²) < 4.78 is 1.07. The monoisotopic (exact) mass is 409 g/mol. The van der Waals surface area contributed by atoms with Gasteiger partial charge in [0.05, 0.1) is 10.9 Å². The van der Waals surface area contributed by atoms with Crippen molar-refractivity contribution in [3.63, 3.8) is 0 Å². The Hall–Kier alpha value is -2.17. The van der Waals surface area contributed by atoms with E-state index in [0.29, 0.717) is 0 Å². The van der Waals surface area contributed by atoms with Gasteiger partial charge in [0.1, 0.15) is 5.75 Å². The highest BCUT2D eigenvalue weighted by molar-refractivity contribution is 9.10. The molecule has 0 spiro atoms. The van der Waals surface area contributed by atoms with Crippen LogP contribution in [0.25, 0.3) is 5.70 Å². The second-order valence-corrected chi connectivity index (χ2v) is 7.94. The van der Waals surface area contributed by atoms with Crippen molar-refractivity contribution in [3.8, 4) is 5.75 Å². The van der Waals surface area contributed by atoms with Crippen LogP contribution in [0.4, 0.5) is 5.69 Å². The number of aromatic hydroxyl groups is 1. The van der Waals surface area contributed by atoms with Crippen molar-refractivity contribution in [1.29, 1.82) is 0 Å². The first-order valence-electron chi connectivity index (χ1n) is 7.98. The van der Waals surface area contributed by atoms with Gasteiger partial charge in [-0.2, -0.15) is 0 Å². The van der Waals surface area contributed by atoms with Gasteiger partial charge < -0.3 is 10.4 Å². The maximum atomic E-state index is 9.59. The van der Waals surface area contributed by atoms with E-state index in [4.69, 9.17) is 0 Å². The van der Waals surface area contributed by atoms with Gasteiger partial charge in [-0.15, -0.1) is 11.8 Å². The average Bonchev–Trinajstić information content (AvgIpc) is 2.82. The van der Waals surface area contributed by atoms with Gasteiger partial charge in [0, 0.05) is 15.1 Å². The zero-order valence-corrected chi connectivity index (χ0v) is 15.7. The van der Waals surface area contributed by atoms with Gasteiger partial charge in [-0.1, -0.05) is 52.3 Å². The molecular formula is C21H16BrNOS. The minimum atomic E-state index is 0.162. The Labute approximate surface area is 159 Å². The molecule has 0 fully saturated rings. The molecular weight excluding hydrogens is 394 g/mol. The van der Waals surface area contributed by atoms with Crippen LogP contribution < -0.4 is 5.32 Å². The molecule has 0 aromatic heterocycles. The number of benzene rings is 3. The fourth-order valence-corrected chi connectivity index (χ4v) is 4.25. The second-order valence-electron chi connectivity index (χ2n) is 5.84. The lowest BCUT2D eigenvalue weighted by Crippen LogP contribution is -1.99. The van der Waals surface area contributed by atoms with Crippen LogP contribution in [0.2, 0.25) is 0 Å². The number of halogens is 1. The number of anilines is 1. The third-order valence-corrected chi connectivity index (χ3v) is 5.91. The fourth-order valence-electron chi connectivity index (χ4n) is 2.81. The summed E-state index contributed by atoms with van der Waals surface area (Å²) >= 11 is 5.31. The van der Waals surface area contributed by atoms with Crippen molar-refractivity contribution in [1.82, 2.24) is 0 Å². The maximum Gasteiger partial charge on any atom is 0.115 e. The Morgan fingerprint density at radius 2 is 1.60 bits per heavy atom. The lowest BCUT2D eigenvalue weighted by Gasteiger charge is -2.12. The Kier molecular flexibility index (Phi) is 4.55. The Morgan fingerprint density at radius 3 is 2.36 bits per heavy atom. The largest absolute Gasteiger partial charge is 0.508 e. The molecule has 0 saturated heterocycles. The molecule has 1 atom stereocenters. The predicted molar refractivity (Wildman–Crippen MR) is 109 cm³/mol. The number of thioether (sulfide) groups is 1. The Balaban J connectivity index is 1.80. The number of para-hydroxylation sites is 1. The molecule has 0 amide bonds. The SMILES string of the molecule is Oc1ccc([C@H]2C=C(c3ccc(Br)cc3)Nc3ccccc3S2)cc1. The third kappa shape index (κ3) is 3.60. The van der Waals surface area contributed by atoms with E-state index in [-0.39, 0.29) is 11.0 Å². The predicted octanol–water partition coefficient (Wildman–Crippen LogP) is 6.45. The molecule has 1 heterocycles. The van der Waals surface area contributed by atoms with Crippen molar-refractivity contribution >= 4 is 39.1 Å². The maximum absolute atomic E-state index is 9.59. The highest BCUT2D eigenvalue weighted by Gasteiger charge is 2.19. The smallest absolute Gasteiger partial charge is 0.115 e. The average molecular weight is 410 g/mol. The van der Waals surface area contributed by atoms with Gasteiger partial charge in [0.2, 0.25) is 0 Å². The molecule has 3 aromatic rings. The summed E-state index contributed by atoms with van der Waals surface area (Å²) in [6, 6.07) is 24.1. The summed E-state index contributed by atoms with van der Waals surface area (Å²) in [6.45, 7) is 0. The minimum absolute atomic E-state index is 0.162. The fraction of sp³-hybridized carbons (Fsp3) is 0.0476. The number of phenolic OH excluding ortho intramolecular Hbond substituents is 1. The molecule has 1 aliphatic heterocycles. The van der Waals surface area contributed by atoms with Crippen molar-refractivity contribution < 1.29 is 5.11 Å². The van der Waals surface area contributed by atoms with E-state index in [1.165, 1.54) is 4.90 Å². The summed E-state index contributed by atoms with van der Waals surface area (Å²) in [4.78, 5) is 1.21. The van der Waals surface area contributed by atoms with Crippen LogP contribution in [0.3, 0.4) is 0 Å². The molecule has 2 nitrogen and oxygen atoms in total. The number of phenols is 1. The van der Waals surface area contributed by atoms with E-state index >= 15 is 0 Å². The Morgan fingerprint density at radius 1 is 0.880 bits per heavy atom. The van der Waals surface area contributed by atoms with Gasteiger partial charge >= 0.3 is 0 Å². The molecule has 0 unspecified atom stereocenters. The van der Waals surface area contributed by atoms with Crippen LogP contribution in [0, 0.1) is 0 Å². The van der Waals surface area contributed by atoms with E-state index < -0.39 is 0 Å². The van der Waals surface area contributed by atoms with Crippen LogP contribution >= 0.6 is 27.7 Å². The molecule has 0 radical (unpaired) electrons. The second kappa shape index (κ2) is 6.98. The number of rotatable bonds is 2. The van der Waals surface area contributed by atoms with Gasteiger partial charge in [0.25, 0.3) is 0 Å². The molecule has 2 N–H and O–H groups in total. The zero-order valence-electron chi connectivity index (χ0n) is 13.3. The normalized spacial score (nSPS) is 16.4. The highest BCUT2D eigenvalue weighted by Crippen LogP contribution is 2.44. The van der Waals surface area contributed by atoms with Gasteiger partial charge in [0.15, 0.2) is 0 Å². The van der Waals surface area contributed by atoms with E-state index in [1.807, 2.05) is 30.0 Å². The van der Waals surface area contributed by atoms with Crippen LogP contribution in [-0.4, -0.2) is 5.11 Å². The molecule has 4 rings (SSSR count). The van der Waals surface area contributed by atoms with Gasteiger partial charge in [-0.05, 0) is 53.6 Å². The van der Waals surface area contributed by atoms with Crippen molar-refractivity contribution in [2.75, 3.05) is 5.32 Å². The summed E-state index contributed by atoms with van der Waals surface area (Å²) in [5, 5.41) is 13.3. The van der Waals surface area contributed by atoms with Crippen LogP contribution in [0.5, 0.6) is 5.75 Å². The molecule has 4 heteroatoms. The van der Waals surface area contributed by atoms with Crippen molar-refractivity contribution in [2.24, 2.45) is 0 Å².